The van der Waals surface area contributed by atoms with E-state index in [-0.39, 0.29) is 19.0 Å². The third-order valence-corrected chi connectivity index (χ3v) is 3.09. The van der Waals surface area contributed by atoms with Crippen LogP contribution in [-0.2, 0) is 20.9 Å². The number of rotatable bonds is 7. The Kier molecular flexibility index (Phi) is 6.07. The molecule has 2 aromatic heterocycles. The van der Waals surface area contributed by atoms with E-state index in [4.69, 9.17) is 9.15 Å². The van der Waals surface area contributed by atoms with Crippen LogP contribution in [0.25, 0.3) is 0 Å². The molecule has 0 aromatic carbocycles. The maximum atomic E-state index is 11.9. The molecule has 0 saturated carbocycles. The van der Waals surface area contributed by atoms with Crippen LogP contribution >= 0.6 is 0 Å². The second kappa shape index (κ2) is 8.47. The summed E-state index contributed by atoms with van der Waals surface area (Å²) < 4.78 is 9.99. The maximum absolute atomic E-state index is 11.9. The predicted octanol–water partition coefficient (Wildman–Crippen LogP) is 0.606. The van der Waals surface area contributed by atoms with Gasteiger partial charge in [-0.3, -0.25) is 14.6 Å². The molecule has 2 aromatic rings. The summed E-state index contributed by atoms with van der Waals surface area (Å²) >= 11 is 0. The van der Waals surface area contributed by atoms with E-state index in [1.807, 2.05) is 0 Å². The lowest BCUT2D eigenvalue weighted by Gasteiger charge is -2.16. The highest BCUT2D eigenvalue weighted by molar-refractivity contribution is 5.91. The minimum absolute atomic E-state index is 0.146. The first-order valence-electron chi connectivity index (χ1n) is 7.16. The van der Waals surface area contributed by atoms with Crippen molar-refractivity contribution in [2.24, 2.45) is 0 Å². The Bertz CT molecular complexity index is 685. The number of nitrogens with zero attached hydrogens (tertiary/aromatic N) is 2. The molecule has 24 heavy (non-hydrogen) atoms. The smallest absolute Gasteiger partial charge is 0.338 e. The first kappa shape index (κ1) is 17.2. The molecule has 0 atom stereocenters. The van der Waals surface area contributed by atoms with Gasteiger partial charge in [-0.2, -0.15) is 0 Å². The van der Waals surface area contributed by atoms with Crippen molar-refractivity contribution in [3.05, 3.63) is 54.2 Å². The molecule has 2 amide bonds. The minimum atomic E-state index is -0.624. The molecule has 0 aliphatic carbocycles. The number of hydrogen-bond donors (Lipinski definition) is 1. The molecule has 1 N–H and O–H groups in total. The van der Waals surface area contributed by atoms with Gasteiger partial charge < -0.3 is 19.4 Å². The molecule has 0 bridgehead atoms. The first-order chi connectivity index (χ1) is 11.6. The van der Waals surface area contributed by atoms with Crippen LogP contribution in [0, 0.1) is 0 Å². The number of carbonyl (C=O) groups excluding carboxylic acids is 3. The lowest BCUT2D eigenvalue weighted by Crippen LogP contribution is -2.39. The number of furan rings is 1. The van der Waals surface area contributed by atoms with E-state index in [9.17, 15) is 14.4 Å². The summed E-state index contributed by atoms with van der Waals surface area (Å²) in [5.41, 5.74) is 0.302. The number of nitrogens with one attached hydrogen (secondary N) is 1. The molecule has 8 heteroatoms. The quantitative estimate of drug-likeness (QED) is 0.746. The van der Waals surface area contributed by atoms with Crippen molar-refractivity contribution < 1.29 is 23.5 Å². The van der Waals surface area contributed by atoms with Crippen LogP contribution in [0.3, 0.4) is 0 Å². The molecule has 0 aliphatic heterocycles. The molecular formula is C16H17N3O5. The lowest BCUT2D eigenvalue weighted by atomic mass is 10.3. The molecule has 8 nitrogen and oxygen atoms in total. The van der Waals surface area contributed by atoms with E-state index in [1.165, 1.54) is 42.7 Å². The van der Waals surface area contributed by atoms with E-state index in [0.717, 1.165) is 0 Å². The van der Waals surface area contributed by atoms with Crippen molar-refractivity contribution in [2.75, 3.05) is 20.2 Å². The summed E-state index contributed by atoms with van der Waals surface area (Å²) in [4.78, 5) is 40.3. The number of amides is 2. The lowest BCUT2D eigenvalue weighted by molar-refractivity contribution is -0.137. The number of aromatic nitrogens is 1. The highest BCUT2D eigenvalue weighted by Crippen LogP contribution is 2.00. The fraction of sp³-hybridized carbons (Fsp3) is 0.250. The molecular weight excluding hydrogens is 314 g/mol. The van der Waals surface area contributed by atoms with Gasteiger partial charge in [0, 0.05) is 19.4 Å². The van der Waals surface area contributed by atoms with Crippen LogP contribution in [0.1, 0.15) is 16.1 Å². The summed E-state index contributed by atoms with van der Waals surface area (Å²) in [6.07, 6.45) is 4.41. The number of pyridine rings is 1. The summed E-state index contributed by atoms with van der Waals surface area (Å²) in [5.74, 6) is -0.835. The van der Waals surface area contributed by atoms with E-state index < -0.39 is 18.5 Å². The van der Waals surface area contributed by atoms with Gasteiger partial charge in [-0.1, -0.05) is 0 Å². The normalized spacial score (nSPS) is 10.0. The van der Waals surface area contributed by atoms with Crippen molar-refractivity contribution >= 4 is 17.8 Å². The van der Waals surface area contributed by atoms with Gasteiger partial charge in [0.1, 0.15) is 5.76 Å². The Morgan fingerprint density at radius 1 is 1.25 bits per heavy atom. The Morgan fingerprint density at radius 3 is 2.67 bits per heavy atom. The Hall–Kier alpha value is -3.16. The highest BCUT2D eigenvalue weighted by atomic mass is 16.5. The third kappa shape index (κ3) is 5.24. The fourth-order valence-corrected chi connectivity index (χ4v) is 1.77. The number of hydrogen-bond acceptors (Lipinski definition) is 6. The Labute approximate surface area is 138 Å². The van der Waals surface area contributed by atoms with E-state index in [1.54, 1.807) is 12.1 Å². The molecule has 0 spiro atoms. The average Bonchev–Trinajstić information content (AvgIpc) is 3.11. The Morgan fingerprint density at radius 2 is 2.00 bits per heavy atom. The summed E-state index contributed by atoms with van der Waals surface area (Å²) in [6.45, 7) is -0.347. The summed E-state index contributed by atoms with van der Waals surface area (Å²) in [5, 5.41) is 2.62. The third-order valence-electron chi connectivity index (χ3n) is 3.09. The maximum Gasteiger partial charge on any atom is 0.338 e. The number of esters is 1. The predicted molar refractivity (Wildman–Crippen MR) is 82.7 cm³/mol. The van der Waals surface area contributed by atoms with E-state index in [0.29, 0.717) is 11.3 Å². The van der Waals surface area contributed by atoms with Gasteiger partial charge in [0.15, 0.2) is 6.61 Å². The van der Waals surface area contributed by atoms with Gasteiger partial charge in [0.05, 0.1) is 24.9 Å². The second-order valence-electron chi connectivity index (χ2n) is 4.92. The van der Waals surface area contributed by atoms with Gasteiger partial charge in [0.25, 0.3) is 5.91 Å². The number of likely N-dealkylation sites (N-methyl/N-ethyl adjacent to an activating group) is 1. The van der Waals surface area contributed by atoms with E-state index in [2.05, 4.69) is 10.3 Å². The molecule has 0 fully saturated rings. The van der Waals surface area contributed by atoms with Crippen LogP contribution in [0.2, 0.25) is 0 Å². The molecule has 0 aliphatic rings. The summed E-state index contributed by atoms with van der Waals surface area (Å²) in [7, 11) is 1.45. The van der Waals surface area contributed by atoms with Gasteiger partial charge >= 0.3 is 5.97 Å². The topological polar surface area (TPSA) is 102 Å². The average molecular weight is 331 g/mol. The number of ether oxygens (including phenoxy) is 1. The van der Waals surface area contributed by atoms with Crippen molar-refractivity contribution in [3.63, 3.8) is 0 Å². The summed E-state index contributed by atoms with van der Waals surface area (Å²) in [6, 6.07) is 6.42. The van der Waals surface area contributed by atoms with Gasteiger partial charge in [-0.15, -0.1) is 0 Å². The number of carbonyl (C=O) groups is 3. The van der Waals surface area contributed by atoms with Crippen molar-refractivity contribution in [1.82, 2.24) is 15.2 Å². The van der Waals surface area contributed by atoms with Crippen LogP contribution in [0.5, 0.6) is 0 Å². The molecule has 126 valence electrons. The molecule has 0 radical (unpaired) electrons. The zero-order valence-electron chi connectivity index (χ0n) is 13.1. The SMILES string of the molecule is CN(CC(=O)NCc1ccco1)C(=O)COC(=O)c1ccncc1. The molecule has 0 saturated heterocycles. The van der Waals surface area contributed by atoms with Crippen LogP contribution in [0.15, 0.2) is 47.3 Å². The first-order valence-corrected chi connectivity index (χ1v) is 7.16. The molecule has 0 unspecified atom stereocenters. The van der Waals surface area contributed by atoms with Crippen molar-refractivity contribution in [2.45, 2.75) is 6.54 Å². The van der Waals surface area contributed by atoms with Crippen LogP contribution in [-0.4, -0.2) is 47.9 Å². The standard InChI is InChI=1S/C16H17N3O5/c1-19(10-14(20)18-9-13-3-2-8-23-13)15(21)11-24-16(22)12-4-6-17-7-5-12/h2-8H,9-11H2,1H3,(H,18,20). The largest absolute Gasteiger partial charge is 0.467 e. The second-order valence-corrected chi connectivity index (χ2v) is 4.92. The van der Waals surface area contributed by atoms with Crippen LogP contribution < -0.4 is 5.32 Å². The van der Waals surface area contributed by atoms with Gasteiger partial charge in [-0.25, -0.2) is 4.79 Å². The zero-order valence-corrected chi connectivity index (χ0v) is 13.1. The van der Waals surface area contributed by atoms with E-state index >= 15 is 0 Å². The zero-order chi connectivity index (χ0) is 17.4. The van der Waals surface area contributed by atoms with Crippen molar-refractivity contribution in [3.8, 4) is 0 Å². The van der Waals surface area contributed by atoms with Gasteiger partial charge in [-0.05, 0) is 24.3 Å². The van der Waals surface area contributed by atoms with Gasteiger partial charge in [0.2, 0.25) is 5.91 Å². The van der Waals surface area contributed by atoms with Crippen LogP contribution in [0.4, 0.5) is 0 Å². The van der Waals surface area contributed by atoms with Crippen molar-refractivity contribution in [1.29, 1.82) is 0 Å². The Balaban J connectivity index is 1.71. The monoisotopic (exact) mass is 331 g/mol. The molecule has 2 rings (SSSR count). The highest BCUT2D eigenvalue weighted by Gasteiger charge is 2.16. The minimum Gasteiger partial charge on any atom is -0.467 e. The molecule has 2 heterocycles. The fourth-order valence-electron chi connectivity index (χ4n) is 1.77.